The van der Waals surface area contributed by atoms with Crippen molar-refractivity contribution in [3.63, 3.8) is 0 Å². The van der Waals surface area contributed by atoms with Crippen LogP contribution in [0, 0.1) is 11.8 Å². The van der Waals surface area contributed by atoms with Crippen molar-refractivity contribution >= 4 is 11.8 Å². The molecule has 3 unspecified atom stereocenters. The Morgan fingerprint density at radius 1 is 1.16 bits per heavy atom. The lowest BCUT2D eigenvalue weighted by molar-refractivity contribution is 0.336. The fourth-order valence-corrected chi connectivity index (χ4v) is 4.14. The Kier molecular flexibility index (Phi) is 5.35. The molecule has 1 aromatic carbocycles. The number of hydrogen-bond donors (Lipinski definition) is 1. The number of thioether (sulfide) groups is 1. The molecule has 1 aliphatic rings. The van der Waals surface area contributed by atoms with Crippen LogP contribution in [0.4, 0.5) is 0 Å². The van der Waals surface area contributed by atoms with Crippen molar-refractivity contribution in [2.24, 2.45) is 11.8 Å². The van der Waals surface area contributed by atoms with E-state index < -0.39 is 0 Å². The topological polar surface area (TPSA) is 12.0 Å². The summed E-state index contributed by atoms with van der Waals surface area (Å²) in [7, 11) is 0. The SMILES string of the molecule is CC(C)NCC(C)C(C)CC1Cc2ccccc2S1. The summed E-state index contributed by atoms with van der Waals surface area (Å²) in [6, 6.07) is 9.48. The smallest absolute Gasteiger partial charge is 0.0138 e. The summed E-state index contributed by atoms with van der Waals surface area (Å²) in [6.45, 7) is 10.4. The predicted molar refractivity (Wildman–Crippen MR) is 85.9 cm³/mol. The van der Waals surface area contributed by atoms with Gasteiger partial charge < -0.3 is 5.32 Å². The van der Waals surface area contributed by atoms with Crippen LogP contribution in [0.2, 0.25) is 0 Å². The van der Waals surface area contributed by atoms with E-state index in [4.69, 9.17) is 0 Å². The highest BCUT2D eigenvalue weighted by Crippen LogP contribution is 2.40. The van der Waals surface area contributed by atoms with Crippen molar-refractivity contribution < 1.29 is 0 Å². The zero-order valence-electron chi connectivity index (χ0n) is 12.6. The van der Waals surface area contributed by atoms with Crippen LogP contribution >= 0.6 is 11.8 Å². The average Bonchev–Trinajstić information content (AvgIpc) is 2.77. The van der Waals surface area contributed by atoms with E-state index in [1.54, 1.807) is 5.56 Å². The van der Waals surface area contributed by atoms with Crippen molar-refractivity contribution in [3.8, 4) is 0 Å². The third-order valence-corrected chi connectivity index (χ3v) is 5.51. The van der Waals surface area contributed by atoms with Gasteiger partial charge in [-0.25, -0.2) is 0 Å². The lowest BCUT2D eigenvalue weighted by atomic mass is 9.90. The highest BCUT2D eigenvalue weighted by molar-refractivity contribution is 8.00. The Morgan fingerprint density at radius 2 is 1.89 bits per heavy atom. The molecular formula is C17H27NS. The van der Waals surface area contributed by atoms with Gasteiger partial charge in [0.2, 0.25) is 0 Å². The second-order valence-corrected chi connectivity index (χ2v) is 7.65. The zero-order valence-corrected chi connectivity index (χ0v) is 13.5. The molecule has 1 heterocycles. The van der Waals surface area contributed by atoms with Gasteiger partial charge in [-0.05, 0) is 42.9 Å². The molecule has 3 atom stereocenters. The summed E-state index contributed by atoms with van der Waals surface area (Å²) < 4.78 is 0. The molecule has 1 aromatic rings. The van der Waals surface area contributed by atoms with Gasteiger partial charge in [0.25, 0.3) is 0 Å². The second kappa shape index (κ2) is 6.81. The largest absolute Gasteiger partial charge is 0.314 e. The van der Waals surface area contributed by atoms with E-state index in [0.717, 1.165) is 23.6 Å². The molecule has 1 nitrogen and oxygen atoms in total. The fourth-order valence-electron chi connectivity index (χ4n) is 2.66. The van der Waals surface area contributed by atoms with Crippen LogP contribution in [0.5, 0.6) is 0 Å². The molecule has 106 valence electrons. The van der Waals surface area contributed by atoms with Gasteiger partial charge in [0.05, 0.1) is 0 Å². The van der Waals surface area contributed by atoms with Gasteiger partial charge in [-0.1, -0.05) is 45.9 Å². The van der Waals surface area contributed by atoms with Crippen molar-refractivity contribution in [1.29, 1.82) is 0 Å². The van der Waals surface area contributed by atoms with Gasteiger partial charge in [0.15, 0.2) is 0 Å². The lowest BCUT2D eigenvalue weighted by Crippen LogP contribution is -2.31. The number of fused-ring (bicyclic) bond motifs is 1. The Bertz CT molecular complexity index is 377. The summed E-state index contributed by atoms with van der Waals surface area (Å²) in [5.41, 5.74) is 1.55. The monoisotopic (exact) mass is 277 g/mol. The molecule has 0 aliphatic carbocycles. The van der Waals surface area contributed by atoms with Crippen LogP contribution in [0.25, 0.3) is 0 Å². The van der Waals surface area contributed by atoms with E-state index in [9.17, 15) is 0 Å². The average molecular weight is 277 g/mol. The van der Waals surface area contributed by atoms with Gasteiger partial charge in [-0.15, -0.1) is 11.8 Å². The van der Waals surface area contributed by atoms with Crippen LogP contribution in [-0.4, -0.2) is 17.8 Å². The lowest BCUT2D eigenvalue weighted by Gasteiger charge is -2.24. The van der Waals surface area contributed by atoms with Crippen molar-refractivity contribution in [1.82, 2.24) is 5.32 Å². The maximum Gasteiger partial charge on any atom is 0.0138 e. The van der Waals surface area contributed by atoms with E-state index in [1.807, 2.05) is 0 Å². The second-order valence-electron chi connectivity index (χ2n) is 6.30. The normalized spacial score (nSPS) is 21.4. The maximum atomic E-state index is 3.56. The van der Waals surface area contributed by atoms with Gasteiger partial charge >= 0.3 is 0 Å². The predicted octanol–water partition coefficient (Wildman–Crippen LogP) is 4.36. The fraction of sp³-hybridized carbons (Fsp3) is 0.647. The number of nitrogens with one attached hydrogen (secondary N) is 1. The minimum Gasteiger partial charge on any atom is -0.314 e. The summed E-state index contributed by atoms with van der Waals surface area (Å²) in [5, 5.41) is 4.35. The summed E-state index contributed by atoms with van der Waals surface area (Å²) >= 11 is 2.09. The molecule has 0 amide bonds. The number of benzene rings is 1. The van der Waals surface area contributed by atoms with Crippen LogP contribution in [0.1, 0.15) is 39.7 Å². The van der Waals surface area contributed by atoms with Crippen LogP contribution in [0.15, 0.2) is 29.2 Å². The quantitative estimate of drug-likeness (QED) is 0.829. The highest BCUT2D eigenvalue weighted by atomic mass is 32.2. The molecular weight excluding hydrogens is 250 g/mol. The molecule has 0 spiro atoms. The van der Waals surface area contributed by atoms with Crippen LogP contribution in [-0.2, 0) is 6.42 Å². The molecule has 1 aliphatic heterocycles. The Hall–Kier alpha value is -0.470. The Morgan fingerprint density at radius 3 is 2.58 bits per heavy atom. The van der Waals surface area contributed by atoms with E-state index in [-0.39, 0.29) is 0 Å². The minimum absolute atomic E-state index is 0.597. The van der Waals surface area contributed by atoms with Gasteiger partial charge in [-0.3, -0.25) is 0 Å². The summed E-state index contributed by atoms with van der Waals surface area (Å²) in [6.07, 6.45) is 2.59. The van der Waals surface area contributed by atoms with E-state index >= 15 is 0 Å². The zero-order chi connectivity index (χ0) is 13.8. The first-order valence-electron chi connectivity index (χ1n) is 7.54. The third kappa shape index (κ3) is 4.25. The van der Waals surface area contributed by atoms with E-state index in [0.29, 0.717) is 6.04 Å². The van der Waals surface area contributed by atoms with Crippen molar-refractivity contribution in [3.05, 3.63) is 29.8 Å². The molecule has 2 heteroatoms. The number of rotatable bonds is 6. The third-order valence-electron chi connectivity index (χ3n) is 4.17. The standard InChI is InChI=1S/C17H27NS/c1-12(2)18-11-14(4)13(3)9-16-10-15-7-5-6-8-17(15)19-16/h5-8,12-14,16,18H,9-11H2,1-4H3. The molecule has 0 saturated carbocycles. The maximum absolute atomic E-state index is 3.56. The Balaban J connectivity index is 1.80. The van der Waals surface area contributed by atoms with E-state index in [1.165, 1.54) is 17.7 Å². The molecule has 0 fully saturated rings. The molecule has 0 bridgehead atoms. The van der Waals surface area contributed by atoms with Crippen molar-refractivity contribution in [2.75, 3.05) is 6.54 Å². The molecule has 19 heavy (non-hydrogen) atoms. The summed E-state index contributed by atoms with van der Waals surface area (Å²) in [5.74, 6) is 1.55. The minimum atomic E-state index is 0.597. The first-order chi connectivity index (χ1) is 9.06. The van der Waals surface area contributed by atoms with E-state index in [2.05, 4.69) is 69.0 Å². The van der Waals surface area contributed by atoms with Crippen molar-refractivity contribution in [2.45, 2.75) is 56.7 Å². The summed E-state index contributed by atoms with van der Waals surface area (Å²) in [4.78, 5) is 1.51. The van der Waals surface area contributed by atoms with Crippen LogP contribution < -0.4 is 5.32 Å². The van der Waals surface area contributed by atoms with Gasteiger partial charge in [0.1, 0.15) is 0 Å². The van der Waals surface area contributed by atoms with Gasteiger partial charge in [0, 0.05) is 16.2 Å². The molecule has 1 N–H and O–H groups in total. The molecule has 0 radical (unpaired) electrons. The molecule has 0 aromatic heterocycles. The first kappa shape index (κ1) is 14.9. The van der Waals surface area contributed by atoms with Gasteiger partial charge in [-0.2, -0.15) is 0 Å². The molecule has 0 saturated heterocycles. The van der Waals surface area contributed by atoms with Crippen LogP contribution in [0.3, 0.4) is 0 Å². The highest BCUT2D eigenvalue weighted by Gasteiger charge is 2.25. The molecule has 2 rings (SSSR count). The Labute approximate surface area is 122 Å². The number of hydrogen-bond acceptors (Lipinski definition) is 2. The first-order valence-corrected chi connectivity index (χ1v) is 8.42.